The van der Waals surface area contributed by atoms with E-state index < -0.39 is 6.10 Å². The SMILES string of the molecule is COc1ccc([C@H](Cc2c(Cl)c[nH+]cc2Cl)OC(=O)[C@@H]2CSCN2)cc1OC. The summed E-state index contributed by atoms with van der Waals surface area (Å²) in [4.78, 5) is 15.5. The summed E-state index contributed by atoms with van der Waals surface area (Å²) in [6.07, 6.45) is 3.03. The molecule has 150 valence electrons. The Hall–Kier alpha value is -1.67. The van der Waals surface area contributed by atoms with Gasteiger partial charge in [-0.15, -0.1) is 11.8 Å². The molecule has 0 saturated carbocycles. The predicted molar refractivity (Wildman–Crippen MR) is 109 cm³/mol. The number of hydrogen-bond acceptors (Lipinski definition) is 6. The average molecular weight is 444 g/mol. The van der Waals surface area contributed by atoms with Gasteiger partial charge in [-0.2, -0.15) is 0 Å². The number of rotatable bonds is 7. The minimum atomic E-state index is -0.586. The number of halogens is 2. The maximum Gasteiger partial charge on any atom is 0.324 e. The van der Waals surface area contributed by atoms with Crippen LogP contribution in [0.25, 0.3) is 0 Å². The molecule has 1 aromatic heterocycles. The largest absolute Gasteiger partial charge is 0.493 e. The lowest BCUT2D eigenvalue weighted by Crippen LogP contribution is -2.35. The van der Waals surface area contributed by atoms with Crippen LogP contribution in [0, 0.1) is 0 Å². The fourth-order valence-corrected chi connectivity index (χ4v) is 4.37. The van der Waals surface area contributed by atoms with Gasteiger partial charge < -0.3 is 14.2 Å². The summed E-state index contributed by atoms with van der Waals surface area (Å²) in [7, 11) is 3.13. The number of thioether (sulfide) groups is 1. The number of methoxy groups -OCH3 is 2. The van der Waals surface area contributed by atoms with Crippen LogP contribution in [0.3, 0.4) is 0 Å². The van der Waals surface area contributed by atoms with Crippen molar-refractivity contribution in [1.82, 2.24) is 5.32 Å². The van der Waals surface area contributed by atoms with Crippen LogP contribution in [0.1, 0.15) is 17.2 Å². The molecular formula is C19H21Cl2N2O4S+. The molecule has 1 aliphatic heterocycles. The van der Waals surface area contributed by atoms with Crippen LogP contribution in [0.15, 0.2) is 30.6 Å². The van der Waals surface area contributed by atoms with E-state index in [0.29, 0.717) is 39.3 Å². The first kappa shape index (κ1) is 21.0. The fourth-order valence-electron chi connectivity index (χ4n) is 2.91. The van der Waals surface area contributed by atoms with Crippen LogP contribution in [0.4, 0.5) is 0 Å². The number of aromatic nitrogens is 1. The summed E-state index contributed by atoms with van der Waals surface area (Å²) in [5.41, 5.74) is 1.46. The van der Waals surface area contributed by atoms with E-state index in [2.05, 4.69) is 10.3 Å². The smallest absolute Gasteiger partial charge is 0.324 e. The Kier molecular flexibility index (Phi) is 7.29. The van der Waals surface area contributed by atoms with Crippen molar-refractivity contribution in [2.24, 2.45) is 0 Å². The second kappa shape index (κ2) is 9.69. The van der Waals surface area contributed by atoms with Crippen LogP contribution >= 0.6 is 35.0 Å². The molecule has 3 rings (SSSR count). The maximum atomic E-state index is 12.6. The van der Waals surface area contributed by atoms with E-state index in [4.69, 9.17) is 37.4 Å². The third kappa shape index (κ3) is 4.84. The third-order valence-corrected chi connectivity index (χ3v) is 6.04. The standard InChI is InChI=1S/C19H20Cl2N2O4S/c1-25-16-4-3-11(5-18(16)26-2)17(27-19(24)15-9-28-10-23-15)6-12-13(20)7-22-8-14(12)21/h3-5,7-8,15,17,23H,6,9-10H2,1-2H3/p+1/t15-,17-/m0/s1. The Morgan fingerprint density at radius 3 is 2.57 bits per heavy atom. The number of aromatic amines is 1. The summed E-state index contributed by atoms with van der Waals surface area (Å²) >= 11 is 14.3. The lowest BCUT2D eigenvalue weighted by molar-refractivity contribution is -0.377. The number of carbonyl (C=O) groups excluding carboxylic acids is 1. The maximum absolute atomic E-state index is 12.6. The van der Waals surface area contributed by atoms with E-state index in [1.165, 1.54) is 0 Å². The number of H-pyrrole nitrogens is 1. The van der Waals surface area contributed by atoms with Gasteiger partial charge in [0.25, 0.3) is 0 Å². The molecule has 9 heteroatoms. The molecule has 0 bridgehead atoms. The summed E-state index contributed by atoms with van der Waals surface area (Å²) in [5, 5.41) is 4.08. The molecule has 0 spiro atoms. The predicted octanol–water partition coefficient (Wildman–Crippen LogP) is 3.31. The van der Waals surface area contributed by atoms with Gasteiger partial charge in [0.05, 0.1) is 14.2 Å². The fraction of sp³-hybridized carbons (Fsp3) is 0.368. The van der Waals surface area contributed by atoms with Gasteiger partial charge in [-0.25, -0.2) is 4.98 Å². The van der Waals surface area contributed by atoms with E-state index in [-0.39, 0.29) is 12.0 Å². The molecule has 28 heavy (non-hydrogen) atoms. The lowest BCUT2D eigenvalue weighted by atomic mass is 10.0. The summed E-state index contributed by atoms with van der Waals surface area (Å²) in [6, 6.07) is 5.08. The molecule has 0 unspecified atom stereocenters. The quantitative estimate of drug-likeness (QED) is 0.661. The highest BCUT2D eigenvalue weighted by Gasteiger charge is 2.29. The van der Waals surface area contributed by atoms with Gasteiger partial charge in [0, 0.05) is 23.6 Å². The minimum absolute atomic E-state index is 0.306. The molecule has 0 radical (unpaired) electrons. The first-order valence-electron chi connectivity index (χ1n) is 8.61. The Balaban J connectivity index is 1.92. The van der Waals surface area contributed by atoms with Gasteiger partial charge in [0.15, 0.2) is 23.9 Å². The molecule has 2 aromatic rings. The van der Waals surface area contributed by atoms with Crippen molar-refractivity contribution in [2.75, 3.05) is 25.8 Å². The Morgan fingerprint density at radius 1 is 1.25 bits per heavy atom. The van der Waals surface area contributed by atoms with Gasteiger partial charge >= 0.3 is 5.97 Å². The topological polar surface area (TPSA) is 70.9 Å². The van der Waals surface area contributed by atoms with Gasteiger partial charge in [0.2, 0.25) is 0 Å². The summed E-state index contributed by atoms with van der Waals surface area (Å²) in [6.45, 7) is 0. The lowest BCUT2D eigenvalue weighted by Gasteiger charge is -2.22. The molecule has 1 aliphatic rings. The van der Waals surface area contributed by atoms with Crippen molar-refractivity contribution in [3.05, 3.63) is 51.8 Å². The second-order valence-corrected chi connectivity index (χ2v) is 7.99. The van der Waals surface area contributed by atoms with Gasteiger partial charge in [-0.1, -0.05) is 29.3 Å². The zero-order chi connectivity index (χ0) is 20.1. The number of carbonyl (C=O) groups is 1. The number of hydrogen-bond donors (Lipinski definition) is 1. The zero-order valence-electron chi connectivity index (χ0n) is 15.5. The van der Waals surface area contributed by atoms with E-state index in [9.17, 15) is 4.79 Å². The molecule has 1 saturated heterocycles. The van der Waals surface area contributed by atoms with E-state index >= 15 is 0 Å². The minimum Gasteiger partial charge on any atom is -0.493 e. The Labute approximate surface area is 177 Å². The van der Waals surface area contributed by atoms with Crippen molar-refractivity contribution in [3.8, 4) is 11.5 Å². The van der Waals surface area contributed by atoms with Crippen molar-refractivity contribution in [2.45, 2.75) is 18.6 Å². The van der Waals surface area contributed by atoms with E-state index in [0.717, 1.165) is 11.4 Å². The van der Waals surface area contributed by atoms with Gasteiger partial charge in [-0.05, 0) is 17.7 Å². The number of esters is 1. The molecule has 1 fully saturated rings. The molecule has 1 aromatic carbocycles. The van der Waals surface area contributed by atoms with Crippen LogP contribution in [0.5, 0.6) is 11.5 Å². The number of ether oxygens (including phenoxy) is 3. The first-order chi connectivity index (χ1) is 13.5. The molecule has 2 N–H and O–H groups in total. The van der Waals surface area contributed by atoms with Crippen LogP contribution in [-0.4, -0.2) is 37.9 Å². The van der Waals surface area contributed by atoms with Crippen LogP contribution in [0.2, 0.25) is 10.0 Å². The first-order valence-corrected chi connectivity index (χ1v) is 10.5. The highest BCUT2D eigenvalue weighted by atomic mass is 35.5. The van der Waals surface area contributed by atoms with Crippen molar-refractivity contribution in [1.29, 1.82) is 0 Å². The highest BCUT2D eigenvalue weighted by molar-refractivity contribution is 7.99. The van der Waals surface area contributed by atoms with Crippen LogP contribution < -0.4 is 19.8 Å². The highest BCUT2D eigenvalue weighted by Crippen LogP contribution is 2.35. The third-order valence-electron chi connectivity index (χ3n) is 4.42. The monoisotopic (exact) mass is 443 g/mol. The average Bonchev–Trinajstić information content (AvgIpc) is 3.24. The van der Waals surface area contributed by atoms with Crippen molar-refractivity contribution in [3.63, 3.8) is 0 Å². The summed E-state index contributed by atoms with van der Waals surface area (Å²) in [5.74, 6) is 2.25. The summed E-state index contributed by atoms with van der Waals surface area (Å²) < 4.78 is 16.6. The van der Waals surface area contributed by atoms with Crippen molar-refractivity contribution >= 4 is 40.9 Å². The Bertz CT molecular complexity index is 826. The van der Waals surface area contributed by atoms with Crippen molar-refractivity contribution < 1.29 is 24.0 Å². The normalized spacial score (nSPS) is 17.2. The zero-order valence-corrected chi connectivity index (χ0v) is 17.8. The molecule has 6 nitrogen and oxygen atoms in total. The van der Waals surface area contributed by atoms with E-state index in [1.807, 2.05) is 6.07 Å². The number of pyridine rings is 1. The molecule has 0 amide bonds. The number of nitrogens with one attached hydrogen (secondary N) is 2. The molecule has 2 atom stereocenters. The molecule has 0 aliphatic carbocycles. The number of benzene rings is 1. The Morgan fingerprint density at radius 2 is 1.96 bits per heavy atom. The van der Waals surface area contributed by atoms with Gasteiger partial charge in [-0.3, -0.25) is 10.1 Å². The molecular weight excluding hydrogens is 423 g/mol. The van der Waals surface area contributed by atoms with Gasteiger partial charge in [0.1, 0.15) is 22.2 Å². The molecule has 2 heterocycles. The van der Waals surface area contributed by atoms with Crippen LogP contribution in [-0.2, 0) is 16.0 Å². The second-order valence-electron chi connectivity index (χ2n) is 6.15. The van der Waals surface area contributed by atoms with E-state index in [1.54, 1.807) is 50.5 Å².